The molecule has 0 saturated carbocycles. The highest BCUT2D eigenvalue weighted by Gasteiger charge is 2.35. The van der Waals surface area contributed by atoms with Crippen molar-refractivity contribution in [3.8, 4) is 0 Å². The number of nitrogens with one attached hydrogen (secondary N) is 1. The molecule has 2 aromatic rings. The predicted molar refractivity (Wildman–Crippen MR) is 86.8 cm³/mol. The Kier molecular flexibility index (Phi) is 3.91. The van der Waals surface area contributed by atoms with Crippen molar-refractivity contribution in [3.63, 3.8) is 0 Å². The number of fused-ring (bicyclic) bond motifs is 1. The summed E-state index contributed by atoms with van der Waals surface area (Å²) in [5.74, 6) is -0.463. The number of aromatic amines is 1. The van der Waals surface area contributed by atoms with E-state index in [-0.39, 0.29) is 29.3 Å². The van der Waals surface area contributed by atoms with Crippen LogP contribution in [0.4, 0.5) is 4.39 Å². The van der Waals surface area contributed by atoms with Crippen LogP contribution in [0.1, 0.15) is 29.4 Å². The lowest BCUT2D eigenvalue weighted by molar-refractivity contribution is 0.0702. The summed E-state index contributed by atoms with van der Waals surface area (Å²) in [4.78, 5) is 17.4. The second-order valence-electron chi connectivity index (χ2n) is 5.96. The molecule has 1 amide bonds. The Morgan fingerprint density at radius 1 is 1.43 bits per heavy atom. The van der Waals surface area contributed by atoms with Gasteiger partial charge in [-0.1, -0.05) is 0 Å². The maximum Gasteiger partial charge on any atom is 0.270 e. The molecular weight excluding hydrogens is 319 g/mol. The van der Waals surface area contributed by atoms with Crippen LogP contribution < -0.4 is 0 Å². The third kappa shape index (κ3) is 2.85. The smallest absolute Gasteiger partial charge is 0.270 e. The van der Waals surface area contributed by atoms with Gasteiger partial charge in [0.05, 0.1) is 11.5 Å². The van der Waals surface area contributed by atoms with Gasteiger partial charge in [-0.05, 0) is 44.0 Å². The maximum absolute atomic E-state index is 13.4. The van der Waals surface area contributed by atoms with Gasteiger partial charge in [0.15, 0.2) is 9.84 Å². The first-order valence-electron chi connectivity index (χ1n) is 7.61. The molecule has 2 heterocycles. The molecule has 0 aliphatic carbocycles. The number of H-pyrrole nitrogens is 1. The Morgan fingerprint density at radius 2 is 2.17 bits per heavy atom. The van der Waals surface area contributed by atoms with E-state index in [0.717, 1.165) is 10.9 Å². The molecule has 1 aromatic heterocycles. The van der Waals surface area contributed by atoms with Gasteiger partial charge >= 0.3 is 0 Å². The average Bonchev–Trinajstić information content (AvgIpc) is 3.00. The number of carbonyl (C=O) groups excluding carboxylic acids is 1. The first-order chi connectivity index (χ1) is 10.8. The number of aromatic nitrogens is 1. The Balaban J connectivity index is 1.97. The second-order valence-corrected chi connectivity index (χ2v) is 8.19. The third-order valence-corrected chi connectivity index (χ3v) is 6.24. The van der Waals surface area contributed by atoms with E-state index in [4.69, 9.17) is 0 Å². The van der Waals surface area contributed by atoms with E-state index in [1.54, 1.807) is 11.0 Å². The molecule has 3 rings (SSSR count). The molecule has 7 heteroatoms. The molecule has 0 radical (unpaired) electrons. The summed E-state index contributed by atoms with van der Waals surface area (Å²) in [7, 11) is -3.06. The van der Waals surface area contributed by atoms with Gasteiger partial charge in [-0.2, -0.15) is 0 Å². The zero-order valence-corrected chi connectivity index (χ0v) is 13.9. The van der Waals surface area contributed by atoms with Gasteiger partial charge in [-0.15, -0.1) is 0 Å². The molecule has 1 aromatic carbocycles. The van der Waals surface area contributed by atoms with E-state index in [1.165, 1.54) is 12.1 Å². The zero-order valence-electron chi connectivity index (χ0n) is 13.1. The summed E-state index contributed by atoms with van der Waals surface area (Å²) >= 11 is 0. The minimum absolute atomic E-state index is 0.0144. The molecule has 124 valence electrons. The first kappa shape index (κ1) is 16.0. The van der Waals surface area contributed by atoms with Gasteiger partial charge in [0.2, 0.25) is 0 Å². The van der Waals surface area contributed by atoms with Gasteiger partial charge in [0.25, 0.3) is 5.91 Å². The molecule has 1 aliphatic heterocycles. The van der Waals surface area contributed by atoms with E-state index in [1.807, 2.05) is 13.8 Å². The van der Waals surface area contributed by atoms with Crippen LogP contribution in [0.3, 0.4) is 0 Å². The Labute approximate surface area is 134 Å². The van der Waals surface area contributed by atoms with Crippen molar-refractivity contribution >= 4 is 26.6 Å². The van der Waals surface area contributed by atoms with Crippen molar-refractivity contribution in [1.29, 1.82) is 0 Å². The quantitative estimate of drug-likeness (QED) is 0.933. The highest BCUT2D eigenvalue weighted by Crippen LogP contribution is 2.26. The summed E-state index contributed by atoms with van der Waals surface area (Å²) in [5, 5.41) is 0.796. The van der Waals surface area contributed by atoms with Gasteiger partial charge in [0.1, 0.15) is 11.5 Å². The minimum atomic E-state index is -3.06. The van der Waals surface area contributed by atoms with Crippen LogP contribution >= 0.6 is 0 Å². The fraction of sp³-hybridized carbons (Fsp3) is 0.438. The number of rotatable bonds is 3. The van der Waals surface area contributed by atoms with Crippen molar-refractivity contribution in [2.24, 2.45) is 0 Å². The third-order valence-electron chi connectivity index (χ3n) is 4.48. The lowest BCUT2D eigenvalue weighted by atomic mass is 10.1. The summed E-state index contributed by atoms with van der Waals surface area (Å²) in [6.45, 7) is 4.08. The van der Waals surface area contributed by atoms with E-state index in [2.05, 4.69) is 4.98 Å². The number of benzene rings is 1. The molecule has 1 N–H and O–H groups in total. The number of nitrogens with zero attached hydrogens (tertiary/aromatic N) is 1. The number of carbonyl (C=O) groups is 1. The summed E-state index contributed by atoms with van der Waals surface area (Å²) in [5.41, 5.74) is 1.72. The topological polar surface area (TPSA) is 70.2 Å². The Morgan fingerprint density at radius 3 is 2.78 bits per heavy atom. The molecule has 1 saturated heterocycles. The van der Waals surface area contributed by atoms with Crippen LogP contribution in [0.2, 0.25) is 0 Å². The highest BCUT2D eigenvalue weighted by atomic mass is 32.2. The largest absolute Gasteiger partial charge is 0.350 e. The summed E-state index contributed by atoms with van der Waals surface area (Å²) in [6, 6.07) is 4.07. The number of amides is 1. The van der Waals surface area contributed by atoms with Gasteiger partial charge in [-0.25, -0.2) is 12.8 Å². The molecule has 0 spiro atoms. The standard InChI is InChI=1S/C16H19FN2O3S/c1-3-19(12-6-7-23(21,22)9-12)16(20)15-10(2)13-5-4-11(17)8-14(13)18-15/h4-5,8,12,18H,3,6-7,9H2,1-2H3. The molecular formula is C16H19FN2O3S. The fourth-order valence-corrected chi connectivity index (χ4v) is 4.99. The monoisotopic (exact) mass is 338 g/mol. The average molecular weight is 338 g/mol. The van der Waals surface area contributed by atoms with Crippen LogP contribution in [0, 0.1) is 12.7 Å². The molecule has 1 atom stereocenters. The molecule has 5 nitrogen and oxygen atoms in total. The maximum atomic E-state index is 13.4. The number of hydrogen-bond acceptors (Lipinski definition) is 3. The molecule has 1 unspecified atom stereocenters. The SMILES string of the molecule is CCN(C(=O)c1[nH]c2cc(F)ccc2c1C)C1CCS(=O)(=O)C1. The normalized spacial score (nSPS) is 20.0. The zero-order chi connectivity index (χ0) is 16.8. The molecule has 0 bridgehead atoms. The van der Waals surface area contributed by atoms with Gasteiger partial charge in [0, 0.05) is 23.5 Å². The van der Waals surface area contributed by atoms with E-state index >= 15 is 0 Å². The van der Waals surface area contributed by atoms with Crippen LogP contribution in [0.25, 0.3) is 10.9 Å². The Hall–Kier alpha value is -1.89. The molecule has 1 fully saturated rings. The summed E-state index contributed by atoms with van der Waals surface area (Å²) in [6.07, 6.45) is 0.468. The van der Waals surface area contributed by atoms with E-state index in [9.17, 15) is 17.6 Å². The van der Waals surface area contributed by atoms with Crippen molar-refractivity contribution in [3.05, 3.63) is 35.3 Å². The van der Waals surface area contributed by atoms with Crippen LogP contribution in [-0.4, -0.2) is 48.3 Å². The lowest BCUT2D eigenvalue weighted by Gasteiger charge is -2.26. The first-order valence-corrected chi connectivity index (χ1v) is 9.43. The predicted octanol–water partition coefficient (Wildman–Crippen LogP) is 2.26. The Bertz CT molecular complexity index is 873. The van der Waals surface area contributed by atoms with Gasteiger partial charge < -0.3 is 9.88 Å². The lowest BCUT2D eigenvalue weighted by Crippen LogP contribution is -2.41. The second kappa shape index (κ2) is 5.63. The van der Waals surface area contributed by atoms with E-state index < -0.39 is 9.84 Å². The fourth-order valence-electron chi connectivity index (χ4n) is 3.26. The number of hydrogen-bond donors (Lipinski definition) is 1. The number of sulfone groups is 1. The molecule has 23 heavy (non-hydrogen) atoms. The number of aryl methyl sites for hydroxylation is 1. The minimum Gasteiger partial charge on any atom is -0.350 e. The van der Waals surface area contributed by atoms with Crippen LogP contribution in [0.15, 0.2) is 18.2 Å². The van der Waals surface area contributed by atoms with Crippen molar-refractivity contribution in [2.45, 2.75) is 26.3 Å². The highest BCUT2D eigenvalue weighted by molar-refractivity contribution is 7.91. The van der Waals surface area contributed by atoms with E-state index in [0.29, 0.717) is 24.2 Å². The van der Waals surface area contributed by atoms with Crippen LogP contribution in [-0.2, 0) is 9.84 Å². The molecule has 1 aliphatic rings. The van der Waals surface area contributed by atoms with Crippen molar-refractivity contribution in [1.82, 2.24) is 9.88 Å². The number of halogens is 1. The van der Waals surface area contributed by atoms with Crippen molar-refractivity contribution < 1.29 is 17.6 Å². The summed E-state index contributed by atoms with van der Waals surface area (Å²) < 4.78 is 36.7. The van der Waals surface area contributed by atoms with Crippen molar-refractivity contribution in [2.75, 3.05) is 18.1 Å². The van der Waals surface area contributed by atoms with Crippen LogP contribution in [0.5, 0.6) is 0 Å². The van der Waals surface area contributed by atoms with Gasteiger partial charge in [-0.3, -0.25) is 4.79 Å².